The summed E-state index contributed by atoms with van der Waals surface area (Å²) in [7, 11) is 0. The highest BCUT2D eigenvalue weighted by atomic mass is 16.6. The van der Waals surface area contributed by atoms with Crippen LogP contribution in [0, 0.1) is 0 Å². The minimum Gasteiger partial charge on any atom is -0.462 e. The average molecular weight is 914 g/mol. The van der Waals surface area contributed by atoms with Crippen LogP contribution in [0.2, 0.25) is 0 Å². The van der Waals surface area contributed by atoms with Gasteiger partial charge in [0.2, 0.25) is 0 Å². The second kappa shape index (κ2) is 54.2. The lowest BCUT2D eigenvalue weighted by molar-refractivity contribution is -0.167. The second-order valence-electron chi connectivity index (χ2n) is 19.2. The first-order valence-electron chi connectivity index (χ1n) is 28.5. The highest BCUT2D eigenvalue weighted by Crippen LogP contribution is 2.17. The molecule has 0 unspecified atom stereocenters. The minimum absolute atomic E-state index is 0.0744. The number of ether oxygens (including phenoxy) is 3. The van der Waals surface area contributed by atoms with E-state index in [0.29, 0.717) is 19.3 Å². The first-order valence-corrected chi connectivity index (χ1v) is 28.5. The van der Waals surface area contributed by atoms with Gasteiger partial charge in [-0.05, 0) is 51.4 Å². The van der Waals surface area contributed by atoms with Crippen LogP contribution in [-0.2, 0) is 28.6 Å². The van der Waals surface area contributed by atoms with E-state index in [1.54, 1.807) is 0 Å². The monoisotopic (exact) mass is 913 g/mol. The smallest absolute Gasteiger partial charge is 0.306 e. The van der Waals surface area contributed by atoms with Crippen LogP contribution in [0.1, 0.15) is 303 Å². The molecule has 0 heterocycles. The van der Waals surface area contributed by atoms with E-state index in [-0.39, 0.29) is 31.1 Å². The zero-order valence-corrected chi connectivity index (χ0v) is 43.5. The molecule has 380 valence electrons. The number of rotatable bonds is 52. The molecule has 0 aromatic rings. The van der Waals surface area contributed by atoms with Gasteiger partial charge in [-0.25, -0.2) is 0 Å². The van der Waals surface area contributed by atoms with E-state index in [9.17, 15) is 14.4 Å². The molecular weight excluding hydrogens is 805 g/mol. The number of esters is 3. The Labute approximate surface area is 404 Å². The Hall–Kier alpha value is -2.37. The Morgan fingerprint density at radius 3 is 0.938 bits per heavy atom. The van der Waals surface area contributed by atoms with Crippen molar-refractivity contribution in [2.45, 2.75) is 309 Å². The minimum atomic E-state index is -0.776. The molecule has 0 aliphatic heterocycles. The van der Waals surface area contributed by atoms with Crippen LogP contribution < -0.4 is 0 Å². The van der Waals surface area contributed by atoms with Crippen molar-refractivity contribution in [1.82, 2.24) is 0 Å². The Kier molecular flexibility index (Phi) is 52.3. The maximum atomic E-state index is 12.8. The quantitative estimate of drug-likeness (QED) is 0.0262. The number of allylic oxidation sites excluding steroid dienone is 6. The highest BCUT2D eigenvalue weighted by molar-refractivity contribution is 5.71. The summed E-state index contributed by atoms with van der Waals surface area (Å²) >= 11 is 0. The number of carbonyl (C=O) groups is 3. The molecule has 0 saturated carbocycles. The Bertz CT molecular complexity index is 1090. The number of hydrogen-bond donors (Lipinski definition) is 0. The molecule has 0 N–H and O–H groups in total. The molecule has 0 saturated heterocycles. The van der Waals surface area contributed by atoms with Crippen molar-refractivity contribution in [2.75, 3.05) is 13.2 Å². The van der Waals surface area contributed by atoms with Gasteiger partial charge >= 0.3 is 17.9 Å². The van der Waals surface area contributed by atoms with Crippen molar-refractivity contribution in [3.63, 3.8) is 0 Å². The molecule has 1 atom stereocenters. The fourth-order valence-electron chi connectivity index (χ4n) is 8.40. The molecule has 0 bridgehead atoms. The summed E-state index contributed by atoms with van der Waals surface area (Å²) in [5, 5.41) is 0. The number of unbranched alkanes of at least 4 members (excludes halogenated alkanes) is 35. The van der Waals surface area contributed by atoms with Gasteiger partial charge in [-0.2, -0.15) is 0 Å². The van der Waals surface area contributed by atoms with Gasteiger partial charge in [-0.3, -0.25) is 14.4 Å². The maximum absolute atomic E-state index is 12.8. The van der Waals surface area contributed by atoms with E-state index in [0.717, 1.165) is 96.3 Å². The fourth-order valence-corrected chi connectivity index (χ4v) is 8.40. The number of carbonyl (C=O) groups excluding carboxylic acids is 3. The van der Waals surface area contributed by atoms with Gasteiger partial charge in [0.05, 0.1) is 0 Å². The molecular formula is C59H108O6. The maximum Gasteiger partial charge on any atom is 0.306 e. The van der Waals surface area contributed by atoms with Crippen LogP contribution in [0.25, 0.3) is 0 Å². The molecule has 0 spiro atoms. The molecule has 0 fully saturated rings. The third kappa shape index (κ3) is 52.5. The van der Waals surface area contributed by atoms with Crippen LogP contribution in [0.5, 0.6) is 0 Å². The molecule has 65 heavy (non-hydrogen) atoms. The predicted molar refractivity (Wildman–Crippen MR) is 279 cm³/mol. The number of hydrogen-bond acceptors (Lipinski definition) is 6. The normalized spacial score (nSPS) is 12.2. The first-order chi connectivity index (χ1) is 32.0. The largest absolute Gasteiger partial charge is 0.462 e. The summed E-state index contributed by atoms with van der Waals surface area (Å²) in [4.78, 5) is 38.1. The lowest BCUT2D eigenvalue weighted by atomic mass is 10.0. The van der Waals surface area contributed by atoms with Gasteiger partial charge in [0.15, 0.2) is 6.10 Å². The molecule has 0 aliphatic carbocycles. The molecule has 0 aliphatic rings. The fraction of sp³-hybridized carbons (Fsp3) is 0.847. The third-order valence-electron chi connectivity index (χ3n) is 12.7. The van der Waals surface area contributed by atoms with Crippen molar-refractivity contribution in [2.24, 2.45) is 0 Å². The third-order valence-corrected chi connectivity index (χ3v) is 12.7. The van der Waals surface area contributed by atoms with Crippen LogP contribution in [0.3, 0.4) is 0 Å². The SMILES string of the molecule is CC/C=C\C/C=C\C/C=C\CCCCCCCC(=O)O[C@@H](COC(=O)CCCCCCCCCCCCCCCCC)COC(=O)CCCCCCCCCCCCCCCCCCC. The van der Waals surface area contributed by atoms with Crippen molar-refractivity contribution >= 4 is 17.9 Å². The Morgan fingerprint density at radius 2 is 0.600 bits per heavy atom. The van der Waals surface area contributed by atoms with Crippen molar-refractivity contribution in [3.8, 4) is 0 Å². The Balaban J connectivity index is 4.35. The first kappa shape index (κ1) is 62.6. The van der Waals surface area contributed by atoms with E-state index in [1.807, 2.05) is 0 Å². The summed E-state index contributed by atoms with van der Waals surface area (Å²) < 4.78 is 16.9. The van der Waals surface area contributed by atoms with E-state index in [4.69, 9.17) is 14.2 Å². The molecule has 0 aromatic carbocycles. The van der Waals surface area contributed by atoms with Gasteiger partial charge in [0.25, 0.3) is 0 Å². The van der Waals surface area contributed by atoms with E-state index >= 15 is 0 Å². The van der Waals surface area contributed by atoms with Gasteiger partial charge < -0.3 is 14.2 Å². The highest BCUT2D eigenvalue weighted by Gasteiger charge is 2.19. The van der Waals surface area contributed by atoms with E-state index in [1.165, 1.54) is 167 Å². The van der Waals surface area contributed by atoms with Crippen LogP contribution in [0.15, 0.2) is 36.5 Å². The van der Waals surface area contributed by atoms with Crippen molar-refractivity contribution in [3.05, 3.63) is 36.5 Å². The van der Waals surface area contributed by atoms with Gasteiger partial charge in [0, 0.05) is 19.3 Å². The Morgan fingerprint density at radius 1 is 0.323 bits per heavy atom. The summed E-state index contributed by atoms with van der Waals surface area (Å²) in [6.45, 7) is 6.56. The molecule has 0 rings (SSSR count). The lowest BCUT2D eigenvalue weighted by Crippen LogP contribution is -2.30. The zero-order valence-electron chi connectivity index (χ0n) is 43.5. The molecule has 0 radical (unpaired) electrons. The predicted octanol–water partition coefficient (Wildman–Crippen LogP) is 18.9. The topological polar surface area (TPSA) is 78.9 Å². The van der Waals surface area contributed by atoms with Crippen LogP contribution in [0.4, 0.5) is 0 Å². The van der Waals surface area contributed by atoms with Gasteiger partial charge in [0.1, 0.15) is 13.2 Å². The molecule has 0 amide bonds. The van der Waals surface area contributed by atoms with Crippen LogP contribution >= 0.6 is 0 Å². The lowest BCUT2D eigenvalue weighted by Gasteiger charge is -2.18. The van der Waals surface area contributed by atoms with Crippen LogP contribution in [-0.4, -0.2) is 37.2 Å². The summed E-state index contributed by atoms with van der Waals surface area (Å²) in [5.74, 6) is -0.872. The van der Waals surface area contributed by atoms with Crippen molar-refractivity contribution in [1.29, 1.82) is 0 Å². The van der Waals surface area contributed by atoms with E-state index < -0.39 is 6.10 Å². The molecule has 0 aromatic heterocycles. The summed E-state index contributed by atoms with van der Waals surface area (Å²) in [6, 6.07) is 0. The van der Waals surface area contributed by atoms with Gasteiger partial charge in [-0.15, -0.1) is 0 Å². The second-order valence-corrected chi connectivity index (χ2v) is 19.2. The standard InChI is InChI=1S/C59H108O6/c1-4-7-10-13-16-19-22-25-28-29-32-34-37-40-43-46-49-52-58(61)64-55-56(65-59(62)53-50-47-44-41-38-35-31-27-24-21-18-15-12-9-6-3)54-63-57(60)51-48-45-42-39-36-33-30-26-23-20-17-14-11-8-5-2/h9,12,18,21,27,31,56H,4-8,10-11,13-17,19-20,22-26,28-30,32-55H2,1-3H3/b12-9-,21-18-,31-27-/t56-/m0/s1. The van der Waals surface area contributed by atoms with Crippen molar-refractivity contribution < 1.29 is 28.6 Å². The summed E-state index contributed by atoms with van der Waals surface area (Å²) in [6.07, 6.45) is 64.2. The summed E-state index contributed by atoms with van der Waals surface area (Å²) in [5.41, 5.74) is 0. The average Bonchev–Trinajstić information content (AvgIpc) is 3.30. The molecule has 6 nitrogen and oxygen atoms in total. The van der Waals surface area contributed by atoms with Gasteiger partial charge in [-0.1, -0.05) is 269 Å². The van der Waals surface area contributed by atoms with E-state index in [2.05, 4.69) is 57.2 Å². The zero-order chi connectivity index (χ0) is 47.2. The molecule has 6 heteroatoms.